The van der Waals surface area contributed by atoms with Gasteiger partial charge in [0.05, 0.1) is 22.5 Å². The number of hydrogen-bond acceptors (Lipinski definition) is 4. The van der Waals surface area contributed by atoms with Crippen LogP contribution in [-0.4, -0.2) is 26.9 Å². The van der Waals surface area contributed by atoms with E-state index in [1.807, 2.05) is 67.1 Å². The van der Waals surface area contributed by atoms with Crippen molar-refractivity contribution in [1.29, 1.82) is 0 Å². The standard InChI is InChI=1S/C22H20N4OS/c1-15(17-11-7-9-16-8-3-4-10-18(16)17)24-25-21(27)14-28-22-23-19-12-5-6-13-20(19)26(22)2/h3-13H,14H2,1-2H3,(H,25,27). The number of benzene rings is 3. The van der Waals surface area contributed by atoms with Crippen LogP contribution in [0.4, 0.5) is 0 Å². The van der Waals surface area contributed by atoms with E-state index in [9.17, 15) is 4.79 Å². The van der Waals surface area contributed by atoms with Crippen molar-refractivity contribution in [2.24, 2.45) is 12.1 Å². The van der Waals surface area contributed by atoms with E-state index >= 15 is 0 Å². The van der Waals surface area contributed by atoms with Gasteiger partial charge in [0.2, 0.25) is 0 Å². The van der Waals surface area contributed by atoms with Crippen LogP contribution in [0.2, 0.25) is 0 Å². The highest BCUT2D eigenvalue weighted by Gasteiger charge is 2.10. The number of imidazole rings is 1. The predicted octanol–water partition coefficient (Wildman–Crippen LogP) is 4.36. The topological polar surface area (TPSA) is 59.3 Å². The van der Waals surface area contributed by atoms with Gasteiger partial charge in [-0.05, 0) is 29.8 Å². The minimum atomic E-state index is -0.156. The Morgan fingerprint density at radius 3 is 2.68 bits per heavy atom. The van der Waals surface area contributed by atoms with Crippen molar-refractivity contribution in [1.82, 2.24) is 15.0 Å². The van der Waals surface area contributed by atoms with Crippen molar-refractivity contribution in [3.8, 4) is 0 Å². The summed E-state index contributed by atoms with van der Waals surface area (Å²) in [5.41, 5.74) is 6.43. The first kappa shape index (κ1) is 18.3. The van der Waals surface area contributed by atoms with Crippen molar-refractivity contribution >= 4 is 45.2 Å². The molecule has 0 fully saturated rings. The van der Waals surface area contributed by atoms with Crippen molar-refractivity contribution < 1.29 is 4.79 Å². The molecule has 0 saturated carbocycles. The molecule has 4 rings (SSSR count). The van der Waals surface area contributed by atoms with E-state index in [0.717, 1.165) is 38.2 Å². The van der Waals surface area contributed by atoms with Gasteiger partial charge in [-0.15, -0.1) is 0 Å². The van der Waals surface area contributed by atoms with E-state index in [1.54, 1.807) is 0 Å². The Kier molecular flexibility index (Phi) is 5.12. The Morgan fingerprint density at radius 1 is 1.07 bits per heavy atom. The molecule has 1 amide bonds. The number of aromatic nitrogens is 2. The summed E-state index contributed by atoms with van der Waals surface area (Å²) in [6, 6.07) is 22.2. The number of amides is 1. The van der Waals surface area contributed by atoms with Gasteiger partial charge in [-0.3, -0.25) is 4.79 Å². The molecular formula is C22H20N4OS. The Balaban J connectivity index is 1.44. The molecule has 0 spiro atoms. The SMILES string of the molecule is CC(=NNC(=O)CSc1nc2ccccc2n1C)c1cccc2ccccc12. The molecule has 1 heterocycles. The van der Waals surface area contributed by atoms with Gasteiger partial charge >= 0.3 is 0 Å². The molecule has 0 bridgehead atoms. The molecule has 6 heteroatoms. The zero-order valence-corrected chi connectivity index (χ0v) is 16.5. The summed E-state index contributed by atoms with van der Waals surface area (Å²) < 4.78 is 2.00. The van der Waals surface area contributed by atoms with Gasteiger partial charge in [-0.25, -0.2) is 10.4 Å². The van der Waals surface area contributed by atoms with Gasteiger partial charge in [0, 0.05) is 12.6 Å². The molecule has 4 aromatic rings. The number of hydrogen-bond donors (Lipinski definition) is 1. The highest BCUT2D eigenvalue weighted by atomic mass is 32.2. The number of fused-ring (bicyclic) bond motifs is 2. The number of nitrogens with zero attached hydrogens (tertiary/aromatic N) is 3. The average molecular weight is 388 g/mol. The van der Waals surface area contributed by atoms with Crippen LogP contribution in [0.3, 0.4) is 0 Å². The van der Waals surface area contributed by atoms with Crippen LogP contribution in [0, 0.1) is 0 Å². The fourth-order valence-electron chi connectivity index (χ4n) is 3.16. The van der Waals surface area contributed by atoms with Gasteiger partial charge in [-0.2, -0.15) is 5.10 Å². The molecule has 5 nitrogen and oxygen atoms in total. The van der Waals surface area contributed by atoms with Crippen LogP contribution >= 0.6 is 11.8 Å². The van der Waals surface area contributed by atoms with E-state index in [2.05, 4.69) is 33.7 Å². The van der Waals surface area contributed by atoms with Crippen molar-refractivity contribution in [2.45, 2.75) is 12.1 Å². The van der Waals surface area contributed by atoms with Crippen molar-refractivity contribution in [3.05, 3.63) is 72.3 Å². The Labute approximate surface area is 167 Å². The lowest BCUT2D eigenvalue weighted by Crippen LogP contribution is -2.21. The van der Waals surface area contributed by atoms with E-state index in [0.29, 0.717) is 0 Å². The Morgan fingerprint density at radius 2 is 1.82 bits per heavy atom. The maximum atomic E-state index is 12.3. The van der Waals surface area contributed by atoms with Gasteiger partial charge in [-0.1, -0.05) is 66.4 Å². The maximum Gasteiger partial charge on any atom is 0.250 e. The summed E-state index contributed by atoms with van der Waals surface area (Å²) in [6.45, 7) is 1.90. The molecule has 140 valence electrons. The normalized spacial score (nSPS) is 11.9. The quantitative estimate of drug-likeness (QED) is 0.314. The first-order chi connectivity index (χ1) is 13.6. The average Bonchev–Trinajstić information content (AvgIpc) is 3.06. The zero-order valence-electron chi connectivity index (χ0n) is 15.7. The molecule has 0 aliphatic rings. The molecule has 0 aliphatic heterocycles. The molecule has 3 aromatic carbocycles. The molecule has 0 aliphatic carbocycles. The second kappa shape index (κ2) is 7.86. The van der Waals surface area contributed by atoms with Crippen LogP contribution in [0.1, 0.15) is 12.5 Å². The number of nitrogens with one attached hydrogen (secondary N) is 1. The van der Waals surface area contributed by atoms with E-state index < -0.39 is 0 Å². The Bertz CT molecular complexity index is 1190. The first-order valence-electron chi connectivity index (χ1n) is 8.99. The van der Waals surface area contributed by atoms with Crippen LogP contribution in [0.5, 0.6) is 0 Å². The summed E-state index contributed by atoms with van der Waals surface area (Å²) in [4.78, 5) is 16.8. The summed E-state index contributed by atoms with van der Waals surface area (Å²) in [6.07, 6.45) is 0. The van der Waals surface area contributed by atoms with Crippen molar-refractivity contribution in [3.63, 3.8) is 0 Å². The third kappa shape index (κ3) is 3.64. The molecule has 0 atom stereocenters. The summed E-state index contributed by atoms with van der Waals surface area (Å²) in [7, 11) is 1.96. The third-order valence-corrected chi connectivity index (χ3v) is 5.64. The van der Waals surface area contributed by atoms with Crippen molar-refractivity contribution in [2.75, 3.05) is 5.75 Å². The predicted molar refractivity (Wildman–Crippen MR) is 116 cm³/mol. The van der Waals surface area contributed by atoms with Gasteiger partial charge in [0.15, 0.2) is 5.16 Å². The first-order valence-corrected chi connectivity index (χ1v) is 9.97. The number of aryl methyl sites for hydroxylation is 1. The van der Waals surface area contributed by atoms with E-state index in [-0.39, 0.29) is 11.7 Å². The fourth-order valence-corrected chi connectivity index (χ4v) is 3.94. The lowest BCUT2D eigenvalue weighted by molar-refractivity contribution is -0.118. The maximum absolute atomic E-state index is 12.3. The fraction of sp³-hybridized carbons (Fsp3) is 0.136. The van der Waals surface area contributed by atoms with E-state index in [1.165, 1.54) is 11.8 Å². The Hall–Kier alpha value is -3.12. The summed E-state index contributed by atoms with van der Waals surface area (Å²) >= 11 is 1.40. The largest absolute Gasteiger partial charge is 0.322 e. The molecular weight excluding hydrogens is 368 g/mol. The van der Waals surface area contributed by atoms with Crippen LogP contribution in [-0.2, 0) is 11.8 Å². The van der Waals surface area contributed by atoms with Gasteiger partial charge < -0.3 is 4.57 Å². The lowest BCUT2D eigenvalue weighted by atomic mass is 10.0. The van der Waals surface area contributed by atoms with Crippen LogP contribution in [0.15, 0.2) is 77.0 Å². The third-order valence-electron chi connectivity index (χ3n) is 4.61. The molecule has 1 aromatic heterocycles. The monoisotopic (exact) mass is 388 g/mol. The highest BCUT2D eigenvalue weighted by Crippen LogP contribution is 2.22. The molecule has 0 radical (unpaired) electrons. The van der Waals surface area contributed by atoms with Gasteiger partial charge in [0.1, 0.15) is 0 Å². The molecule has 1 N–H and O–H groups in total. The number of carbonyl (C=O) groups excluding carboxylic acids is 1. The second-order valence-corrected chi connectivity index (χ2v) is 7.43. The zero-order chi connectivity index (χ0) is 19.5. The minimum Gasteiger partial charge on any atom is -0.322 e. The number of para-hydroxylation sites is 2. The molecule has 0 saturated heterocycles. The van der Waals surface area contributed by atoms with Crippen LogP contribution in [0.25, 0.3) is 21.8 Å². The number of hydrazone groups is 1. The molecule has 28 heavy (non-hydrogen) atoms. The summed E-state index contributed by atoms with van der Waals surface area (Å²) in [5.74, 6) is 0.0976. The van der Waals surface area contributed by atoms with Gasteiger partial charge in [0.25, 0.3) is 5.91 Å². The smallest absolute Gasteiger partial charge is 0.250 e. The number of thioether (sulfide) groups is 1. The molecule has 0 unspecified atom stereocenters. The van der Waals surface area contributed by atoms with Crippen LogP contribution < -0.4 is 5.43 Å². The number of rotatable bonds is 5. The number of carbonyl (C=O) groups is 1. The summed E-state index contributed by atoms with van der Waals surface area (Å²) in [5, 5.41) is 7.38. The minimum absolute atomic E-state index is 0.156. The second-order valence-electron chi connectivity index (χ2n) is 6.49. The van der Waals surface area contributed by atoms with E-state index in [4.69, 9.17) is 0 Å². The lowest BCUT2D eigenvalue weighted by Gasteiger charge is -2.07. The highest BCUT2D eigenvalue weighted by molar-refractivity contribution is 7.99.